The monoisotopic (exact) mass is 406 g/mol. The summed E-state index contributed by atoms with van der Waals surface area (Å²) in [7, 11) is 0. The van der Waals surface area contributed by atoms with Crippen LogP contribution in [-0.2, 0) is 11.3 Å². The largest absolute Gasteiger partial charge is 0.352 e. The lowest BCUT2D eigenvalue weighted by molar-refractivity contribution is -0.133. The molecule has 1 aliphatic heterocycles. The molecule has 0 bridgehead atoms. The molecule has 2 heterocycles. The van der Waals surface area contributed by atoms with Crippen LogP contribution < -0.4 is 11.1 Å². The number of rotatable bonds is 6. The average Bonchev–Trinajstić information content (AvgIpc) is 3.16. The number of amides is 3. The zero-order chi connectivity index (χ0) is 19.2. The van der Waals surface area contributed by atoms with Crippen LogP contribution in [0.1, 0.15) is 22.9 Å². The van der Waals surface area contributed by atoms with Crippen LogP contribution in [0.2, 0.25) is 5.02 Å². The van der Waals surface area contributed by atoms with Crippen molar-refractivity contribution in [3.63, 3.8) is 0 Å². The molecule has 1 saturated heterocycles. The van der Waals surface area contributed by atoms with Gasteiger partial charge in [0, 0.05) is 42.6 Å². The normalized spacial score (nSPS) is 16.1. The lowest BCUT2D eigenvalue weighted by Gasteiger charge is -2.35. The Hall–Kier alpha value is -2.09. The first-order chi connectivity index (χ1) is 13.0. The molecule has 1 aromatic carbocycles. The predicted octanol–water partition coefficient (Wildman–Crippen LogP) is 2.85. The number of piperazine rings is 1. The number of urea groups is 1. The first kappa shape index (κ1) is 19.7. The maximum atomic E-state index is 12.7. The van der Waals surface area contributed by atoms with Gasteiger partial charge in [0.1, 0.15) is 0 Å². The minimum absolute atomic E-state index is 0.0320. The molecule has 3 rings (SSSR count). The minimum atomic E-state index is -0.618. The maximum Gasteiger partial charge on any atom is 0.312 e. The van der Waals surface area contributed by atoms with Crippen LogP contribution in [-0.4, -0.2) is 47.9 Å². The molecule has 0 radical (unpaired) electrons. The molecule has 3 amide bonds. The molecule has 27 heavy (non-hydrogen) atoms. The molecule has 0 saturated carbocycles. The van der Waals surface area contributed by atoms with Gasteiger partial charge in [-0.1, -0.05) is 29.8 Å². The Bertz CT molecular complexity index is 776. The van der Waals surface area contributed by atoms with Gasteiger partial charge in [0.2, 0.25) is 5.91 Å². The zero-order valence-electron chi connectivity index (χ0n) is 14.9. The van der Waals surface area contributed by atoms with Crippen LogP contribution in [0.15, 0.2) is 41.8 Å². The molecular weight excluding hydrogens is 384 g/mol. The molecule has 6 nitrogen and oxygen atoms in total. The van der Waals surface area contributed by atoms with Crippen molar-refractivity contribution in [2.24, 2.45) is 5.73 Å². The number of primary amides is 1. The van der Waals surface area contributed by atoms with Crippen LogP contribution in [0.3, 0.4) is 0 Å². The van der Waals surface area contributed by atoms with E-state index in [0.717, 1.165) is 29.5 Å². The number of thiophene rings is 1. The Morgan fingerprint density at radius 1 is 1.19 bits per heavy atom. The molecule has 8 heteroatoms. The van der Waals surface area contributed by atoms with Crippen molar-refractivity contribution in [3.05, 3.63) is 57.2 Å². The van der Waals surface area contributed by atoms with E-state index in [2.05, 4.69) is 16.3 Å². The molecule has 1 fully saturated rings. The zero-order valence-corrected chi connectivity index (χ0v) is 16.5. The Kier molecular flexibility index (Phi) is 6.71. The highest BCUT2D eigenvalue weighted by atomic mass is 35.5. The molecule has 1 atom stereocenters. The van der Waals surface area contributed by atoms with Crippen molar-refractivity contribution in [1.29, 1.82) is 0 Å². The van der Waals surface area contributed by atoms with Gasteiger partial charge >= 0.3 is 6.03 Å². The van der Waals surface area contributed by atoms with E-state index in [0.29, 0.717) is 13.1 Å². The highest BCUT2D eigenvalue weighted by molar-refractivity contribution is 7.10. The van der Waals surface area contributed by atoms with Gasteiger partial charge in [-0.05, 0) is 29.1 Å². The summed E-state index contributed by atoms with van der Waals surface area (Å²) in [6.45, 7) is 3.79. The number of nitrogens with one attached hydrogen (secondary N) is 1. The van der Waals surface area contributed by atoms with E-state index < -0.39 is 6.03 Å². The molecule has 2 aromatic rings. The molecule has 1 aliphatic rings. The van der Waals surface area contributed by atoms with Gasteiger partial charge in [0.25, 0.3) is 0 Å². The number of hydrogen-bond acceptors (Lipinski definition) is 4. The molecule has 144 valence electrons. The van der Waals surface area contributed by atoms with Crippen LogP contribution in [0.5, 0.6) is 0 Å². The van der Waals surface area contributed by atoms with Crippen LogP contribution in [0.4, 0.5) is 4.79 Å². The lowest BCUT2D eigenvalue weighted by Crippen LogP contribution is -2.49. The van der Waals surface area contributed by atoms with Gasteiger partial charge in [-0.15, -0.1) is 11.3 Å². The van der Waals surface area contributed by atoms with Crippen LogP contribution in [0.25, 0.3) is 0 Å². The fraction of sp³-hybridized carbons (Fsp3) is 0.368. The summed E-state index contributed by atoms with van der Waals surface area (Å²) in [5, 5.41) is 5.34. The van der Waals surface area contributed by atoms with Gasteiger partial charge < -0.3 is 16.0 Å². The fourth-order valence-corrected chi connectivity index (χ4v) is 4.23. The van der Waals surface area contributed by atoms with Crippen LogP contribution in [0, 0.1) is 0 Å². The van der Waals surface area contributed by atoms with Gasteiger partial charge in [-0.3, -0.25) is 9.69 Å². The second-order valence-corrected chi connectivity index (χ2v) is 7.98. The summed E-state index contributed by atoms with van der Waals surface area (Å²) in [4.78, 5) is 29.1. The summed E-state index contributed by atoms with van der Waals surface area (Å²) < 4.78 is 0. The van der Waals surface area contributed by atoms with E-state index in [1.807, 2.05) is 40.6 Å². The summed E-state index contributed by atoms with van der Waals surface area (Å²) in [6, 6.07) is 10.7. The number of halogens is 1. The van der Waals surface area contributed by atoms with Crippen molar-refractivity contribution in [3.8, 4) is 0 Å². The van der Waals surface area contributed by atoms with E-state index in [-0.39, 0.29) is 18.4 Å². The van der Waals surface area contributed by atoms with Gasteiger partial charge in [0.05, 0.1) is 12.5 Å². The predicted molar refractivity (Wildman–Crippen MR) is 108 cm³/mol. The molecule has 3 N–H and O–H groups in total. The topological polar surface area (TPSA) is 78.7 Å². The highest BCUT2D eigenvalue weighted by Gasteiger charge is 2.25. The van der Waals surface area contributed by atoms with Crippen molar-refractivity contribution >= 4 is 34.9 Å². The Labute approximate surface area is 167 Å². The molecule has 1 aromatic heterocycles. The third-order valence-electron chi connectivity index (χ3n) is 4.60. The number of carbonyl (C=O) groups is 2. The maximum absolute atomic E-state index is 12.7. The van der Waals surface area contributed by atoms with Crippen LogP contribution >= 0.6 is 22.9 Å². The minimum Gasteiger partial charge on any atom is -0.352 e. The molecule has 1 unspecified atom stereocenters. The summed E-state index contributed by atoms with van der Waals surface area (Å²) in [5.74, 6) is 0.0320. The number of nitrogens with zero attached hydrogens (tertiary/aromatic N) is 2. The number of benzene rings is 1. The smallest absolute Gasteiger partial charge is 0.312 e. The van der Waals surface area contributed by atoms with Gasteiger partial charge in [-0.2, -0.15) is 0 Å². The standard InChI is InChI=1S/C19H23ClN4O2S/c20-15-4-1-3-14(11-15)13-23-6-8-24(9-7-23)18(25)12-16(22-19(21)26)17-5-2-10-27-17/h1-5,10-11,16H,6-9,12-13H2,(H3,21,22,26). The third kappa shape index (κ3) is 5.69. The summed E-state index contributed by atoms with van der Waals surface area (Å²) in [5.41, 5.74) is 6.44. The third-order valence-corrected chi connectivity index (χ3v) is 5.82. The van der Waals surface area contributed by atoms with E-state index in [1.54, 1.807) is 0 Å². The molecular formula is C19H23ClN4O2S. The van der Waals surface area contributed by atoms with E-state index in [9.17, 15) is 9.59 Å². The van der Waals surface area contributed by atoms with E-state index in [1.165, 1.54) is 16.9 Å². The summed E-state index contributed by atoms with van der Waals surface area (Å²) >= 11 is 7.55. The van der Waals surface area contributed by atoms with Crippen molar-refractivity contribution in [2.45, 2.75) is 19.0 Å². The molecule has 0 spiro atoms. The number of hydrogen-bond donors (Lipinski definition) is 2. The summed E-state index contributed by atoms with van der Waals surface area (Å²) in [6.07, 6.45) is 0.220. The first-order valence-corrected chi connectivity index (χ1v) is 10.1. The number of carbonyl (C=O) groups excluding carboxylic acids is 2. The first-order valence-electron chi connectivity index (χ1n) is 8.85. The highest BCUT2D eigenvalue weighted by Crippen LogP contribution is 2.23. The quantitative estimate of drug-likeness (QED) is 0.774. The second-order valence-electron chi connectivity index (χ2n) is 6.57. The average molecular weight is 407 g/mol. The lowest BCUT2D eigenvalue weighted by atomic mass is 10.1. The second kappa shape index (κ2) is 9.21. The number of nitrogens with two attached hydrogens (primary N) is 1. The Morgan fingerprint density at radius 2 is 1.96 bits per heavy atom. The van der Waals surface area contributed by atoms with Crippen molar-refractivity contribution in [2.75, 3.05) is 26.2 Å². The van der Waals surface area contributed by atoms with E-state index >= 15 is 0 Å². The fourth-order valence-electron chi connectivity index (χ4n) is 3.24. The van der Waals surface area contributed by atoms with Crippen molar-refractivity contribution in [1.82, 2.24) is 15.1 Å². The molecule has 0 aliphatic carbocycles. The Balaban J connectivity index is 1.52. The van der Waals surface area contributed by atoms with Gasteiger partial charge in [0.15, 0.2) is 0 Å². The van der Waals surface area contributed by atoms with Crippen molar-refractivity contribution < 1.29 is 9.59 Å². The Morgan fingerprint density at radius 3 is 2.59 bits per heavy atom. The van der Waals surface area contributed by atoms with E-state index in [4.69, 9.17) is 17.3 Å². The SMILES string of the molecule is NC(=O)NC(CC(=O)N1CCN(Cc2cccc(Cl)c2)CC1)c1cccs1. The van der Waals surface area contributed by atoms with Gasteiger partial charge in [-0.25, -0.2) is 4.79 Å².